The molecule has 1 saturated heterocycles. The average molecular weight is 344 g/mol. The van der Waals surface area contributed by atoms with Crippen molar-refractivity contribution in [2.75, 3.05) is 24.6 Å². The molecule has 7 heteroatoms. The van der Waals surface area contributed by atoms with Gasteiger partial charge in [-0.3, -0.25) is 10.1 Å². The normalized spacial score (nSPS) is 15.4. The van der Waals surface area contributed by atoms with Crippen LogP contribution in [-0.4, -0.2) is 34.2 Å². The van der Waals surface area contributed by atoms with Gasteiger partial charge in [0.05, 0.1) is 11.5 Å². The van der Waals surface area contributed by atoms with Crippen LogP contribution in [0.2, 0.25) is 0 Å². The van der Waals surface area contributed by atoms with E-state index in [4.69, 9.17) is 4.74 Å². The van der Waals surface area contributed by atoms with E-state index in [1.807, 2.05) is 38.5 Å². The Hall–Kier alpha value is -2.57. The second-order valence-corrected chi connectivity index (χ2v) is 6.40. The van der Waals surface area contributed by atoms with Gasteiger partial charge in [0.25, 0.3) is 0 Å². The number of hydrogen-bond donors (Lipinski definition) is 0. The summed E-state index contributed by atoms with van der Waals surface area (Å²) in [6.07, 6.45) is 6.75. The number of nitrogens with zero attached hydrogens (tertiary/aromatic N) is 4. The molecule has 0 N–H and O–H groups in total. The molecule has 1 aromatic carbocycles. The number of anilines is 1. The Balaban J connectivity index is 1.71. The number of nitro benzene ring substituents is 1. The Morgan fingerprint density at radius 3 is 2.72 bits per heavy atom. The van der Waals surface area contributed by atoms with E-state index < -0.39 is 0 Å². The maximum Gasteiger partial charge on any atom is 0.333 e. The second-order valence-electron chi connectivity index (χ2n) is 6.40. The third kappa shape index (κ3) is 3.75. The molecule has 1 aromatic heterocycles. The molecule has 3 rings (SSSR count). The van der Waals surface area contributed by atoms with Crippen LogP contribution in [0.4, 0.5) is 11.4 Å². The monoisotopic (exact) mass is 344 g/mol. The maximum atomic E-state index is 11.6. The summed E-state index contributed by atoms with van der Waals surface area (Å²) in [6, 6.07) is 5.31. The van der Waals surface area contributed by atoms with Crippen LogP contribution in [0, 0.1) is 16.0 Å². The van der Waals surface area contributed by atoms with Gasteiger partial charge in [-0.25, -0.2) is 4.98 Å². The zero-order chi connectivity index (χ0) is 17.8. The highest BCUT2D eigenvalue weighted by atomic mass is 16.6. The van der Waals surface area contributed by atoms with E-state index in [-0.39, 0.29) is 10.6 Å². The van der Waals surface area contributed by atoms with Gasteiger partial charge in [0.2, 0.25) is 0 Å². The zero-order valence-corrected chi connectivity index (χ0v) is 14.7. The molecule has 1 fully saturated rings. The summed E-state index contributed by atoms with van der Waals surface area (Å²) in [5.74, 6) is 2.01. The van der Waals surface area contributed by atoms with Crippen molar-refractivity contribution in [3.05, 3.63) is 46.5 Å². The fourth-order valence-electron chi connectivity index (χ4n) is 3.45. The third-order valence-corrected chi connectivity index (χ3v) is 4.81. The van der Waals surface area contributed by atoms with Gasteiger partial charge >= 0.3 is 5.69 Å². The topological polar surface area (TPSA) is 73.4 Å². The first-order valence-electron chi connectivity index (χ1n) is 8.71. The molecule has 0 aliphatic carbocycles. The van der Waals surface area contributed by atoms with Crippen molar-refractivity contribution in [2.45, 2.75) is 26.2 Å². The molecule has 0 atom stereocenters. The minimum Gasteiger partial charge on any atom is -0.487 e. The van der Waals surface area contributed by atoms with Crippen LogP contribution in [-0.2, 0) is 13.5 Å². The molecule has 0 radical (unpaired) electrons. The molecule has 1 aliphatic rings. The van der Waals surface area contributed by atoms with Crippen LogP contribution < -0.4 is 9.64 Å². The molecular formula is C18H24N4O3. The molecular weight excluding hydrogens is 320 g/mol. The lowest BCUT2D eigenvalue weighted by atomic mass is 9.92. The minimum atomic E-state index is -0.333. The lowest BCUT2D eigenvalue weighted by molar-refractivity contribution is -0.385. The second kappa shape index (κ2) is 7.55. The van der Waals surface area contributed by atoms with Crippen molar-refractivity contribution in [2.24, 2.45) is 13.0 Å². The summed E-state index contributed by atoms with van der Waals surface area (Å²) >= 11 is 0. The highest BCUT2D eigenvalue weighted by Gasteiger charge is 2.28. The van der Waals surface area contributed by atoms with Crippen LogP contribution in [0.5, 0.6) is 5.75 Å². The Morgan fingerprint density at radius 2 is 2.12 bits per heavy atom. The first-order valence-corrected chi connectivity index (χ1v) is 8.71. The van der Waals surface area contributed by atoms with Crippen molar-refractivity contribution >= 4 is 11.4 Å². The Labute approximate surface area is 147 Å². The fourth-order valence-corrected chi connectivity index (χ4v) is 3.45. The number of aromatic nitrogens is 2. The van der Waals surface area contributed by atoms with Crippen molar-refractivity contribution in [3.63, 3.8) is 0 Å². The Morgan fingerprint density at radius 1 is 1.36 bits per heavy atom. The molecule has 1 aliphatic heterocycles. The van der Waals surface area contributed by atoms with E-state index in [0.717, 1.165) is 38.2 Å². The maximum absolute atomic E-state index is 11.6. The van der Waals surface area contributed by atoms with E-state index in [9.17, 15) is 10.1 Å². The quantitative estimate of drug-likeness (QED) is 0.594. The van der Waals surface area contributed by atoms with E-state index in [1.165, 1.54) is 0 Å². The van der Waals surface area contributed by atoms with Gasteiger partial charge in [0.15, 0.2) is 5.75 Å². The molecule has 0 saturated carbocycles. The number of piperidine rings is 1. The number of aryl methyl sites for hydroxylation is 1. The SMILES string of the molecule is CCOc1cccc(N2CCC(Cc3nccn3C)CC2)c1[N+](=O)[O-]. The lowest BCUT2D eigenvalue weighted by Crippen LogP contribution is -2.35. The van der Waals surface area contributed by atoms with Crippen LogP contribution >= 0.6 is 0 Å². The van der Waals surface area contributed by atoms with Gasteiger partial charge in [-0.1, -0.05) is 6.07 Å². The number of ether oxygens (including phenoxy) is 1. The number of nitro groups is 1. The van der Waals surface area contributed by atoms with Gasteiger partial charge < -0.3 is 14.2 Å². The van der Waals surface area contributed by atoms with Crippen molar-refractivity contribution in [1.82, 2.24) is 9.55 Å². The first-order chi connectivity index (χ1) is 12.1. The molecule has 7 nitrogen and oxygen atoms in total. The molecule has 0 spiro atoms. The lowest BCUT2D eigenvalue weighted by Gasteiger charge is -2.33. The summed E-state index contributed by atoms with van der Waals surface area (Å²) < 4.78 is 7.51. The summed E-state index contributed by atoms with van der Waals surface area (Å²) in [7, 11) is 2.01. The average Bonchev–Trinajstić information content (AvgIpc) is 3.00. The summed E-state index contributed by atoms with van der Waals surface area (Å²) in [5, 5.41) is 11.6. The highest BCUT2D eigenvalue weighted by molar-refractivity contribution is 5.70. The molecule has 2 aromatic rings. The van der Waals surface area contributed by atoms with Crippen molar-refractivity contribution in [1.29, 1.82) is 0 Å². The van der Waals surface area contributed by atoms with Crippen molar-refractivity contribution in [3.8, 4) is 5.75 Å². The molecule has 0 amide bonds. The number of imidazole rings is 1. The van der Waals surface area contributed by atoms with E-state index >= 15 is 0 Å². The molecule has 25 heavy (non-hydrogen) atoms. The van der Waals surface area contributed by atoms with Gasteiger partial charge in [0.1, 0.15) is 11.5 Å². The third-order valence-electron chi connectivity index (χ3n) is 4.81. The first kappa shape index (κ1) is 17.3. The number of rotatable bonds is 6. The zero-order valence-electron chi connectivity index (χ0n) is 14.7. The number of hydrogen-bond acceptors (Lipinski definition) is 5. The van der Waals surface area contributed by atoms with Crippen molar-refractivity contribution < 1.29 is 9.66 Å². The smallest absolute Gasteiger partial charge is 0.333 e. The van der Waals surface area contributed by atoms with E-state index in [0.29, 0.717) is 24.0 Å². The van der Waals surface area contributed by atoms with Gasteiger partial charge in [-0.05, 0) is 37.8 Å². The Bertz CT molecular complexity index is 736. The molecule has 2 heterocycles. The predicted octanol–water partition coefficient (Wildman–Crippen LogP) is 3.19. The predicted molar refractivity (Wildman–Crippen MR) is 96.1 cm³/mol. The van der Waals surface area contributed by atoms with Crippen LogP contribution in [0.15, 0.2) is 30.6 Å². The molecule has 134 valence electrons. The summed E-state index contributed by atoms with van der Waals surface area (Å²) in [5.41, 5.74) is 0.735. The van der Waals surface area contributed by atoms with Crippen LogP contribution in [0.3, 0.4) is 0 Å². The number of para-hydroxylation sites is 1. The van der Waals surface area contributed by atoms with E-state index in [2.05, 4.69) is 14.5 Å². The number of benzene rings is 1. The fraction of sp³-hybridized carbons (Fsp3) is 0.500. The van der Waals surface area contributed by atoms with Gasteiger partial charge in [-0.2, -0.15) is 0 Å². The van der Waals surface area contributed by atoms with Crippen LogP contribution in [0.1, 0.15) is 25.6 Å². The standard InChI is InChI=1S/C18H24N4O3/c1-3-25-16-6-4-5-15(18(16)22(23)24)21-10-7-14(8-11-21)13-17-19-9-12-20(17)2/h4-6,9,12,14H,3,7-8,10-11,13H2,1-2H3. The van der Waals surface area contributed by atoms with Gasteiger partial charge in [0, 0.05) is 39.0 Å². The highest BCUT2D eigenvalue weighted by Crippen LogP contribution is 2.38. The summed E-state index contributed by atoms with van der Waals surface area (Å²) in [4.78, 5) is 17.7. The minimum absolute atomic E-state index is 0.0758. The molecule has 0 bridgehead atoms. The van der Waals surface area contributed by atoms with Gasteiger partial charge in [-0.15, -0.1) is 0 Å². The summed E-state index contributed by atoms with van der Waals surface area (Å²) in [6.45, 7) is 3.87. The van der Waals surface area contributed by atoms with E-state index in [1.54, 1.807) is 6.07 Å². The molecule has 0 unspecified atom stereocenters. The Kier molecular flexibility index (Phi) is 5.21. The van der Waals surface area contributed by atoms with Crippen LogP contribution in [0.25, 0.3) is 0 Å². The largest absolute Gasteiger partial charge is 0.487 e.